The number of carbonyl (C=O) groups is 1. The number of hydrogen-bond acceptors (Lipinski definition) is 4. The third-order valence-electron chi connectivity index (χ3n) is 3.12. The number of carbonyl (C=O) groups excluding carboxylic acids is 1. The number of benzene rings is 1. The summed E-state index contributed by atoms with van der Waals surface area (Å²) in [6.45, 7) is 0. The van der Waals surface area contributed by atoms with E-state index in [0.29, 0.717) is 12.0 Å². The minimum absolute atomic E-state index is 0.0388. The highest BCUT2D eigenvalue weighted by Gasteiger charge is 2.31. The molecule has 0 aliphatic carbocycles. The van der Waals surface area contributed by atoms with Gasteiger partial charge < -0.3 is 10.1 Å². The summed E-state index contributed by atoms with van der Waals surface area (Å²) in [5.41, 5.74) is 0.507. The summed E-state index contributed by atoms with van der Waals surface area (Å²) < 4.78 is 62.3. The number of ether oxygens (including phenoxy) is 1. The van der Waals surface area contributed by atoms with Crippen LogP contribution in [0.15, 0.2) is 24.3 Å². The average molecular weight is 337 g/mol. The highest BCUT2D eigenvalue weighted by atomic mass is 32.2. The zero-order chi connectivity index (χ0) is 16.4. The number of amides is 1. The van der Waals surface area contributed by atoms with E-state index in [2.05, 4.69) is 10.1 Å². The Hall–Kier alpha value is -1.77. The molecule has 0 unspecified atom stereocenters. The van der Waals surface area contributed by atoms with Crippen LogP contribution in [0.1, 0.15) is 12.0 Å². The van der Waals surface area contributed by atoms with Crippen molar-refractivity contribution in [3.05, 3.63) is 29.8 Å². The lowest BCUT2D eigenvalue weighted by Crippen LogP contribution is -2.36. The van der Waals surface area contributed by atoms with Crippen molar-refractivity contribution in [2.45, 2.75) is 25.2 Å². The molecule has 0 spiro atoms. The first-order valence-corrected chi connectivity index (χ1v) is 8.30. The Kier molecular flexibility index (Phi) is 4.64. The van der Waals surface area contributed by atoms with Gasteiger partial charge in [-0.25, -0.2) is 8.42 Å². The molecule has 0 bridgehead atoms. The van der Waals surface area contributed by atoms with Crippen LogP contribution < -0.4 is 10.1 Å². The minimum Gasteiger partial charge on any atom is -0.406 e. The molecule has 1 atom stereocenters. The molecule has 0 radical (unpaired) electrons. The molecule has 1 aliphatic rings. The molecular weight excluding hydrogens is 323 g/mol. The van der Waals surface area contributed by atoms with E-state index in [1.807, 2.05) is 0 Å². The van der Waals surface area contributed by atoms with Crippen LogP contribution in [-0.2, 0) is 21.1 Å². The summed E-state index contributed by atoms with van der Waals surface area (Å²) in [5.74, 6) is -0.747. The van der Waals surface area contributed by atoms with Gasteiger partial charge in [-0.05, 0) is 24.1 Å². The molecule has 9 heteroatoms. The Morgan fingerprint density at radius 2 is 1.91 bits per heavy atom. The van der Waals surface area contributed by atoms with Crippen molar-refractivity contribution in [3.63, 3.8) is 0 Å². The third kappa shape index (κ3) is 5.21. The fourth-order valence-electron chi connectivity index (χ4n) is 2.18. The van der Waals surface area contributed by atoms with Gasteiger partial charge >= 0.3 is 6.36 Å². The maximum Gasteiger partial charge on any atom is 0.573 e. The van der Waals surface area contributed by atoms with Gasteiger partial charge in [0.05, 0.1) is 17.9 Å². The summed E-state index contributed by atoms with van der Waals surface area (Å²) >= 11 is 0. The summed E-state index contributed by atoms with van der Waals surface area (Å²) in [6.07, 6.45) is -4.41. The zero-order valence-corrected chi connectivity index (χ0v) is 12.2. The third-order valence-corrected chi connectivity index (χ3v) is 4.89. The Morgan fingerprint density at radius 1 is 1.27 bits per heavy atom. The van der Waals surface area contributed by atoms with Crippen molar-refractivity contribution < 1.29 is 31.1 Å². The SMILES string of the molecule is O=C(Cc1ccc(OC(F)(F)F)cc1)N[C@H]1CCS(=O)(=O)C1. The first-order valence-electron chi connectivity index (χ1n) is 6.47. The van der Waals surface area contributed by atoms with Crippen LogP contribution in [0.25, 0.3) is 0 Å². The van der Waals surface area contributed by atoms with E-state index in [0.717, 1.165) is 12.1 Å². The Labute approximate surface area is 125 Å². The van der Waals surface area contributed by atoms with Crippen LogP contribution in [-0.4, -0.2) is 38.2 Å². The molecule has 122 valence electrons. The van der Waals surface area contributed by atoms with E-state index in [1.54, 1.807) is 0 Å². The highest BCUT2D eigenvalue weighted by Crippen LogP contribution is 2.22. The van der Waals surface area contributed by atoms with Crippen LogP contribution >= 0.6 is 0 Å². The zero-order valence-electron chi connectivity index (χ0n) is 11.4. The van der Waals surface area contributed by atoms with E-state index in [1.165, 1.54) is 12.1 Å². The quantitative estimate of drug-likeness (QED) is 0.902. The highest BCUT2D eigenvalue weighted by molar-refractivity contribution is 7.91. The number of halogens is 3. The Bertz CT molecular complexity index is 640. The molecular formula is C13H14F3NO4S. The number of rotatable bonds is 4. The van der Waals surface area contributed by atoms with Crippen LogP contribution in [0.4, 0.5) is 13.2 Å². The molecule has 2 rings (SSSR count). The lowest BCUT2D eigenvalue weighted by atomic mass is 10.1. The second kappa shape index (κ2) is 6.15. The Morgan fingerprint density at radius 3 is 2.41 bits per heavy atom. The van der Waals surface area contributed by atoms with Gasteiger partial charge in [-0.15, -0.1) is 13.2 Å². The molecule has 1 saturated heterocycles. The molecule has 22 heavy (non-hydrogen) atoms. The van der Waals surface area contributed by atoms with Crippen LogP contribution in [0.2, 0.25) is 0 Å². The van der Waals surface area contributed by atoms with Gasteiger partial charge in [0.1, 0.15) is 5.75 Å². The second-order valence-electron chi connectivity index (χ2n) is 5.04. The first-order chi connectivity index (χ1) is 10.1. The summed E-state index contributed by atoms with van der Waals surface area (Å²) in [5, 5.41) is 2.61. The van der Waals surface area contributed by atoms with Crippen molar-refractivity contribution in [2.24, 2.45) is 0 Å². The molecule has 1 N–H and O–H groups in total. The number of alkyl halides is 3. The summed E-state index contributed by atoms with van der Waals surface area (Å²) in [4.78, 5) is 11.8. The number of sulfone groups is 1. The molecule has 5 nitrogen and oxygen atoms in total. The van der Waals surface area contributed by atoms with E-state index in [-0.39, 0.29) is 29.6 Å². The molecule has 1 heterocycles. The average Bonchev–Trinajstić information content (AvgIpc) is 2.69. The molecule has 1 aliphatic heterocycles. The normalized spacial score (nSPS) is 20.6. The maximum absolute atomic E-state index is 12.0. The fraction of sp³-hybridized carbons (Fsp3) is 0.462. The smallest absolute Gasteiger partial charge is 0.406 e. The minimum atomic E-state index is -4.76. The maximum atomic E-state index is 12.0. The van der Waals surface area contributed by atoms with Gasteiger partial charge in [0.2, 0.25) is 5.91 Å². The fourth-order valence-corrected chi connectivity index (χ4v) is 3.86. The standard InChI is InChI=1S/C13H14F3NO4S/c14-13(15,16)21-11-3-1-9(2-4-11)7-12(18)17-10-5-6-22(19,20)8-10/h1-4,10H,5-8H2,(H,17,18)/t10-/m0/s1. The topological polar surface area (TPSA) is 72.5 Å². The lowest BCUT2D eigenvalue weighted by Gasteiger charge is -2.11. The predicted molar refractivity (Wildman–Crippen MR) is 72.0 cm³/mol. The number of nitrogens with one attached hydrogen (secondary N) is 1. The van der Waals surface area contributed by atoms with Gasteiger partial charge in [0.15, 0.2) is 9.84 Å². The molecule has 0 saturated carbocycles. The Balaban J connectivity index is 1.87. The molecule has 1 amide bonds. The predicted octanol–water partition coefficient (Wildman–Crippen LogP) is 1.43. The summed E-state index contributed by atoms with van der Waals surface area (Å²) in [7, 11) is -3.07. The van der Waals surface area contributed by atoms with E-state index in [4.69, 9.17) is 0 Å². The molecule has 1 aromatic carbocycles. The van der Waals surface area contributed by atoms with Crippen molar-refractivity contribution >= 4 is 15.7 Å². The van der Waals surface area contributed by atoms with Crippen molar-refractivity contribution in [1.82, 2.24) is 5.32 Å². The molecule has 1 fully saturated rings. The number of hydrogen-bond donors (Lipinski definition) is 1. The second-order valence-corrected chi connectivity index (χ2v) is 7.26. The van der Waals surface area contributed by atoms with Crippen molar-refractivity contribution in [3.8, 4) is 5.75 Å². The van der Waals surface area contributed by atoms with Crippen LogP contribution in [0, 0.1) is 0 Å². The van der Waals surface area contributed by atoms with Crippen molar-refractivity contribution in [2.75, 3.05) is 11.5 Å². The van der Waals surface area contributed by atoms with Gasteiger partial charge in [-0.1, -0.05) is 12.1 Å². The van der Waals surface area contributed by atoms with E-state index < -0.39 is 22.2 Å². The van der Waals surface area contributed by atoms with Gasteiger partial charge in [0.25, 0.3) is 0 Å². The van der Waals surface area contributed by atoms with Crippen LogP contribution in [0.5, 0.6) is 5.75 Å². The molecule has 0 aromatic heterocycles. The molecule has 1 aromatic rings. The van der Waals surface area contributed by atoms with Gasteiger partial charge in [-0.3, -0.25) is 4.79 Å². The van der Waals surface area contributed by atoms with Crippen LogP contribution in [0.3, 0.4) is 0 Å². The lowest BCUT2D eigenvalue weighted by molar-refractivity contribution is -0.274. The monoisotopic (exact) mass is 337 g/mol. The van der Waals surface area contributed by atoms with E-state index in [9.17, 15) is 26.4 Å². The van der Waals surface area contributed by atoms with Gasteiger partial charge in [-0.2, -0.15) is 0 Å². The summed E-state index contributed by atoms with van der Waals surface area (Å²) in [6, 6.07) is 4.55. The van der Waals surface area contributed by atoms with Gasteiger partial charge in [0, 0.05) is 6.04 Å². The van der Waals surface area contributed by atoms with Crippen molar-refractivity contribution in [1.29, 1.82) is 0 Å². The first kappa shape index (κ1) is 16.6. The van der Waals surface area contributed by atoms with E-state index >= 15 is 0 Å². The largest absolute Gasteiger partial charge is 0.573 e.